The van der Waals surface area contributed by atoms with Gasteiger partial charge in [0.25, 0.3) is 0 Å². The first-order chi connectivity index (χ1) is 7.86. The zero-order chi connectivity index (χ0) is 11.6. The number of nitrogens with zero attached hydrogens (tertiary/aromatic N) is 1. The zero-order valence-corrected chi connectivity index (χ0v) is 11.3. The smallest absolute Gasteiger partial charge is 0.0107 e. The largest absolute Gasteiger partial charge is 0.315 e. The molecular weight excluding hydrogens is 196 g/mol. The molecule has 0 aromatic rings. The second-order valence-corrected chi connectivity index (χ2v) is 5.15. The fourth-order valence-electron chi connectivity index (χ4n) is 2.52. The van der Waals surface area contributed by atoms with Gasteiger partial charge < -0.3 is 10.2 Å². The van der Waals surface area contributed by atoms with Gasteiger partial charge in [0.1, 0.15) is 0 Å². The van der Waals surface area contributed by atoms with E-state index in [1.54, 1.807) is 0 Å². The SMILES string of the molecule is CCCCNCCN1CCCC(CC)CC1. The van der Waals surface area contributed by atoms with Crippen LogP contribution in [0.4, 0.5) is 0 Å². The van der Waals surface area contributed by atoms with Gasteiger partial charge in [-0.3, -0.25) is 0 Å². The van der Waals surface area contributed by atoms with E-state index >= 15 is 0 Å². The van der Waals surface area contributed by atoms with Crippen molar-refractivity contribution >= 4 is 0 Å². The highest BCUT2D eigenvalue weighted by Gasteiger charge is 2.14. The van der Waals surface area contributed by atoms with Crippen molar-refractivity contribution < 1.29 is 0 Å². The van der Waals surface area contributed by atoms with Crippen LogP contribution in [-0.4, -0.2) is 37.6 Å². The Morgan fingerprint density at radius 2 is 2.00 bits per heavy atom. The molecule has 1 unspecified atom stereocenters. The van der Waals surface area contributed by atoms with Crippen LogP contribution in [-0.2, 0) is 0 Å². The molecule has 0 saturated carbocycles. The Morgan fingerprint density at radius 3 is 2.75 bits per heavy atom. The third kappa shape index (κ3) is 5.86. The molecule has 0 spiro atoms. The molecule has 1 fully saturated rings. The molecule has 1 saturated heterocycles. The first kappa shape index (κ1) is 14.0. The summed E-state index contributed by atoms with van der Waals surface area (Å²) < 4.78 is 0. The van der Waals surface area contributed by atoms with Gasteiger partial charge in [-0.1, -0.05) is 26.7 Å². The van der Waals surface area contributed by atoms with Crippen LogP contribution in [0.1, 0.15) is 52.4 Å². The highest BCUT2D eigenvalue weighted by Crippen LogP contribution is 2.19. The summed E-state index contributed by atoms with van der Waals surface area (Å²) in [4.78, 5) is 2.65. The summed E-state index contributed by atoms with van der Waals surface area (Å²) in [7, 11) is 0. The van der Waals surface area contributed by atoms with E-state index in [2.05, 4.69) is 24.1 Å². The Bertz CT molecular complexity index is 159. The van der Waals surface area contributed by atoms with E-state index in [0.29, 0.717) is 0 Å². The molecule has 0 bridgehead atoms. The Hall–Kier alpha value is -0.0800. The highest BCUT2D eigenvalue weighted by atomic mass is 15.1. The van der Waals surface area contributed by atoms with Crippen LogP contribution in [0.5, 0.6) is 0 Å². The summed E-state index contributed by atoms with van der Waals surface area (Å²) in [6.07, 6.45) is 8.28. The Labute approximate surface area is 102 Å². The van der Waals surface area contributed by atoms with Gasteiger partial charge >= 0.3 is 0 Å². The van der Waals surface area contributed by atoms with Gasteiger partial charge in [0.15, 0.2) is 0 Å². The first-order valence-corrected chi connectivity index (χ1v) is 7.29. The highest BCUT2D eigenvalue weighted by molar-refractivity contribution is 4.69. The summed E-state index contributed by atoms with van der Waals surface area (Å²) in [5, 5.41) is 3.54. The minimum atomic E-state index is 0.998. The standard InChI is InChI=1S/C14H30N2/c1-3-5-9-15-10-13-16-11-6-7-14(4-2)8-12-16/h14-15H,3-13H2,1-2H3. The van der Waals surface area contributed by atoms with Crippen molar-refractivity contribution in [2.45, 2.75) is 52.4 Å². The predicted octanol–water partition coefficient (Wildman–Crippen LogP) is 2.89. The van der Waals surface area contributed by atoms with Crippen molar-refractivity contribution in [1.82, 2.24) is 10.2 Å². The third-order valence-electron chi connectivity index (χ3n) is 3.83. The molecule has 2 nitrogen and oxygen atoms in total. The van der Waals surface area contributed by atoms with Crippen LogP contribution in [0.2, 0.25) is 0 Å². The summed E-state index contributed by atoms with van der Waals surface area (Å²) in [6, 6.07) is 0. The molecule has 0 aromatic carbocycles. The van der Waals surface area contributed by atoms with Crippen LogP contribution in [0, 0.1) is 5.92 Å². The van der Waals surface area contributed by atoms with Gasteiger partial charge in [-0.25, -0.2) is 0 Å². The summed E-state index contributed by atoms with van der Waals surface area (Å²) >= 11 is 0. The van der Waals surface area contributed by atoms with Crippen LogP contribution in [0.3, 0.4) is 0 Å². The van der Waals surface area contributed by atoms with Crippen LogP contribution in [0.15, 0.2) is 0 Å². The van der Waals surface area contributed by atoms with E-state index < -0.39 is 0 Å². The molecule has 2 heteroatoms. The van der Waals surface area contributed by atoms with Gasteiger partial charge in [0.2, 0.25) is 0 Å². The minimum Gasteiger partial charge on any atom is -0.315 e. The van der Waals surface area contributed by atoms with E-state index in [0.717, 1.165) is 5.92 Å². The van der Waals surface area contributed by atoms with Crippen molar-refractivity contribution in [2.75, 3.05) is 32.7 Å². The topological polar surface area (TPSA) is 15.3 Å². The number of likely N-dealkylation sites (tertiary alicyclic amines) is 1. The van der Waals surface area contributed by atoms with Gasteiger partial charge in [0, 0.05) is 13.1 Å². The Balaban J connectivity index is 2.03. The van der Waals surface area contributed by atoms with E-state index in [9.17, 15) is 0 Å². The number of nitrogens with one attached hydrogen (secondary N) is 1. The molecular formula is C14H30N2. The summed E-state index contributed by atoms with van der Waals surface area (Å²) in [5.74, 6) is 0.998. The Morgan fingerprint density at radius 1 is 1.12 bits per heavy atom. The van der Waals surface area contributed by atoms with Crippen molar-refractivity contribution in [2.24, 2.45) is 5.92 Å². The number of unbranched alkanes of at least 4 members (excludes halogenated alkanes) is 1. The van der Waals surface area contributed by atoms with E-state index in [1.807, 2.05) is 0 Å². The second-order valence-electron chi connectivity index (χ2n) is 5.15. The molecule has 1 N–H and O–H groups in total. The van der Waals surface area contributed by atoms with E-state index in [-0.39, 0.29) is 0 Å². The fraction of sp³-hybridized carbons (Fsp3) is 1.00. The van der Waals surface area contributed by atoms with Crippen molar-refractivity contribution in [3.8, 4) is 0 Å². The average molecular weight is 226 g/mol. The van der Waals surface area contributed by atoms with Crippen molar-refractivity contribution in [1.29, 1.82) is 0 Å². The van der Waals surface area contributed by atoms with Gasteiger partial charge in [0.05, 0.1) is 0 Å². The zero-order valence-electron chi connectivity index (χ0n) is 11.3. The van der Waals surface area contributed by atoms with E-state index in [1.165, 1.54) is 71.2 Å². The molecule has 16 heavy (non-hydrogen) atoms. The molecule has 1 aliphatic rings. The summed E-state index contributed by atoms with van der Waals surface area (Å²) in [5.41, 5.74) is 0. The first-order valence-electron chi connectivity index (χ1n) is 7.29. The molecule has 0 amide bonds. The maximum Gasteiger partial charge on any atom is 0.0107 e. The number of hydrogen-bond donors (Lipinski definition) is 1. The van der Waals surface area contributed by atoms with Gasteiger partial charge in [-0.15, -0.1) is 0 Å². The molecule has 0 aliphatic carbocycles. The number of hydrogen-bond acceptors (Lipinski definition) is 2. The average Bonchev–Trinajstić information content (AvgIpc) is 2.54. The van der Waals surface area contributed by atoms with Crippen LogP contribution < -0.4 is 5.32 Å². The summed E-state index contributed by atoms with van der Waals surface area (Å²) in [6.45, 7) is 10.9. The number of rotatable bonds is 7. The third-order valence-corrected chi connectivity index (χ3v) is 3.83. The van der Waals surface area contributed by atoms with Crippen molar-refractivity contribution in [3.63, 3.8) is 0 Å². The maximum atomic E-state index is 3.54. The molecule has 1 aliphatic heterocycles. The molecule has 0 aromatic heterocycles. The lowest BCUT2D eigenvalue weighted by molar-refractivity contribution is 0.279. The Kier molecular flexibility index (Phi) is 7.87. The molecule has 0 radical (unpaired) electrons. The fourth-order valence-corrected chi connectivity index (χ4v) is 2.52. The van der Waals surface area contributed by atoms with Crippen LogP contribution >= 0.6 is 0 Å². The lowest BCUT2D eigenvalue weighted by atomic mass is 9.98. The maximum absolute atomic E-state index is 3.54. The monoisotopic (exact) mass is 226 g/mol. The lowest BCUT2D eigenvalue weighted by Crippen LogP contribution is -2.33. The predicted molar refractivity (Wildman–Crippen MR) is 71.8 cm³/mol. The quantitative estimate of drug-likeness (QED) is 0.672. The molecule has 1 heterocycles. The lowest BCUT2D eigenvalue weighted by Gasteiger charge is -2.20. The van der Waals surface area contributed by atoms with Crippen LogP contribution in [0.25, 0.3) is 0 Å². The molecule has 96 valence electrons. The second kappa shape index (κ2) is 9.00. The van der Waals surface area contributed by atoms with E-state index in [4.69, 9.17) is 0 Å². The molecule has 1 rings (SSSR count). The minimum absolute atomic E-state index is 0.998. The van der Waals surface area contributed by atoms with Crippen molar-refractivity contribution in [3.05, 3.63) is 0 Å². The normalized spacial score (nSPS) is 23.2. The molecule has 1 atom stereocenters. The van der Waals surface area contributed by atoms with Gasteiger partial charge in [-0.05, 0) is 51.2 Å². The van der Waals surface area contributed by atoms with Gasteiger partial charge in [-0.2, -0.15) is 0 Å².